The van der Waals surface area contributed by atoms with Crippen LogP contribution in [0, 0.1) is 5.41 Å². The maximum atomic E-state index is 13.1. The van der Waals surface area contributed by atoms with Gasteiger partial charge in [-0.15, -0.1) is 11.3 Å². The van der Waals surface area contributed by atoms with Crippen LogP contribution < -0.4 is 10.2 Å². The Labute approximate surface area is 178 Å². The van der Waals surface area contributed by atoms with Gasteiger partial charge in [-0.05, 0) is 48.6 Å². The first-order valence-electron chi connectivity index (χ1n) is 10.2. The van der Waals surface area contributed by atoms with Crippen LogP contribution in [-0.4, -0.2) is 35.1 Å². The van der Waals surface area contributed by atoms with Gasteiger partial charge >= 0.3 is 5.97 Å². The van der Waals surface area contributed by atoms with Crippen molar-refractivity contribution < 1.29 is 14.7 Å². The van der Waals surface area contributed by atoms with Crippen molar-refractivity contribution in [2.24, 2.45) is 5.41 Å². The zero-order valence-electron chi connectivity index (χ0n) is 16.6. The minimum Gasteiger partial charge on any atom is -0.481 e. The number of carbonyl (C=O) groups is 2. The Morgan fingerprint density at radius 1 is 1.13 bits per heavy atom. The number of hydrogen-bond acceptors (Lipinski definition) is 5. The molecule has 1 amide bonds. The van der Waals surface area contributed by atoms with Crippen LogP contribution in [-0.2, 0) is 29.0 Å². The zero-order valence-corrected chi connectivity index (χ0v) is 17.4. The van der Waals surface area contributed by atoms with Gasteiger partial charge in [-0.1, -0.05) is 24.3 Å². The van der Waals surface area contributed by atoms with Crippen LogP contribution in [0.4, 0.5) is 5.69 Å². The van der Waals surface area contributed by atoms with Crippen molar-refractivity contribution in [2.45, 2.75) is 32.2 Å². The number of aliphatic carboxylic acids is 1. The monoisotopic (exact) mass is 421 g/mol. The molecule has 3 aromatic rings. The second-order valence-corrected chi connectivity index (χ2v) is 9.37. The predicted molar refractivity (Wildman–Crippen MR) is 117 cm³/mol. The second kappa shape index (κ2) is 7.40. The summed E-state index contributed by atoms with van der Waals surface area (Å²) >= 11 is 1.58. The molecular weight excluding hydrogens is 398 g/mol. The van der Waals surface area contributed by atoms with Crippen LogP contribution in [0.5, 0.6) is 0 Å². The highest BCUT2D eigenvalue weighted by molar-refractivity contribution is 7.18. The van der Waals surface area contributed by atoms with E-state index in [4.69, 9.17) is 0 Å². The van der Waals surface area contributed by atoms with E-state index in [9.17, 15) is 14.7 Å². The highest BCUT2D eigenvalue weighted by atomic mass is 32.1. The lowest BCUT2D eigenvalue weighted by atomic mass is 9.80. The Bertz CT molecular complexity index is 1110. The summed E-state index contributed by atoms with van der Waals surface area (Å²) in [5.41, 5.74) is 3.34. The summed E-state index contributed by atoms with van der Waals surface area (Å²) in [5, 5.41) is 13.3. The topological polar surface area (TPSA) is 82.5 Å². The van der Waals surface area contributed by atoms with Gasteiger partial charge < -0.3 is 15.3 Å². The smallest absolute Gasteiger partial charge is 0.304 e. The number of benzene rings is 2. The average Bonchev–Trinajstić information content (AvgIpc) is 3.24. The maximum Gasteiger partial charge on any atom is 0.304 e. The van der Waals surface area contributed by atoms with E-state index in [0.717, 1.165) is 39.4 Å². The fourth-order valence-electron chi connectivity index (χ4n) is 4.50. The van der Waals surface area contributed by atoms with Crippen molar-refractivity contribution >= 4 is 39.1 Å². The molecule has 1 aliphatic carbocycles. The van der Waals surface area contributed by atoms with Gasteiger partial charge in [0.15, 0.2) is 0 Å². The van der Waals surface area contributed by atoms with E-state index >= 15 is 0 Å². The van der Waals surface area contributed by atoms with Crippen LogP contribution in [0.3, 0.4) is 0 Å². The Morgan fingerprint density at radius 3 is 2.50 bits per heavy atom. The summed E-state index contributed by atoms with van der Waals surface area (Å²) in [7, 11) is 0. The van der Waals surface area contributed by atoms with Crippen LogP contribution in [0.15, 0.2) is 42.5 Å². The summed E-state index contributed by atoms with van der Waals surface area (Å²) in [6, 6.07) is 14.1. The number of carboxylic acids is 1. The summed E-state index contributed by atoms with van der Waals surface area (Å²) in [4.78, 5) is 31.7. The van der Waals surface area contributed by atoms with Gasteiger partial charge in [0.1, 0.15) is 5.01 Å². The first-order chi connectivity index (χ1) is 14.5. The highest BCUT2D eigenvalue weighted by Gasteiger charge is 2.45. The van der Waals surface area contributed by atoms with E-state index < -0.39 is 11.4 Å². The lowest BCUT2D eigenvalue weighted by Crippen LogP contribution is -2.43. The molecule has 5 rings (SSSR count). The number of carboxylic acid groups (broad SMARTS) is 1. The second-order valence-electron chi connectivity index (χ2n) is 8.26. The van der Waals surface area contributed by atoms with Gasteiger partial charge in [-0.3, -0.25) is 9.59 Å². The van der Waals surface area contributed by atoms with E-state index in [0.29, 0.717) is 19.4 Å². The van der Waals surface area contributed by atoms with Crippen molar-refractivity contribution in [3.05, 3.63) is 58.6 Å². The Balaban J connectivity index is 1.32. The number of carbonyl (C=O) groups excluding carboxylic acids is 1. The molecule has 0 radical (unpaired) electrons. The first kappa shape index (κ1) is 19.1. The van der Waals surface area contributed by atoms with Gasteiger partial charge in [-0.2, -0.15) is 0 Å². The van der Waals surface area contributed by atoms with Gasteiger partial charge in [0.2, 0.25) is 5.91 Å². The van der Waals surface area contributed by atoms with Crippen molar-refractivity contribution in [2.75, 3.05) is 18.0 Å². The van der Waals surface area contributed by atoms with Crippen molar-refractivity contribution in [3.8, 4) is 0 Å². The summed E-state index contributed by atoms with van der Waals surface area (Å²) in [5.74, 6) is -1.15. The lowest BCUT2D eigenvalue weighted by Gasteiger charge is -2.33. The van der Waals surface area contributed by atoms with Crippen molar-refractivity contribution in [3.63, 3.8) is 0 Å². The molecule has 0 bridgehead atoms. The van der Waals surface area contributed by atoms with Crippen molar-refractivity contribution in [1.82, 2.24) is 10.3 Å². The number of aromatic nitrogens is 1. The van der Waals surface area contributed by atoms with E-state index in [1.165, 1.54) is 12.1 Å². The molecule has 2 N–H and O–H groups in total. The van der Waals surface area contributed by atoms with Crippen LogP contribution in [0.25, 0.3) is 10.2 Å². The molecular formula is C23H23N3O3S. The fraction of sp³-hybridized carbons (Fsp3) is 0.348. The number of anilines is 1. The molecule has 2 heterocycles. The molecule has 1 fully saturated rings. The van der Waals surface area contributed by atoms with Gasteiger partial charge in [0.25, 0.3) is 0 Å². The normalized spacial score (nSPS) is 16.9. The third kappa shape index (κ3) is 3.43. The molecule has 0 unspecified atom stereocenters. The van der Waals surface area contributed by atoms with Gasteiger partial charge in [0.05, 0.1) is 28.6 Å². The molecule has 0 atom stereocenters. The van der Waals surface area contributed by atoms with E-state index in [-0.39, 0.29) is 12.3 Å². The zero-order chi connectivity index (χ0) is 20.7. The lowest BCUT2D eigenvalue weighted by molar-refractivity contribution is -0.145. The van der Waals surface area contributed by atoms with Crippen LogP contribution >= 0.6 is 11.3 Å². The summed E-state index contributed by atoms with van der Waals surface area (Å²) in [6.07, 6.45) is 1.98. The molecule has 1 aliphatic heterocycles. The SMILES string of the molecule is O=C(O)CC1(C(=O)NCc2nc3ccc(N4CCC4)cc3s2)Cc2ccccc2C1. The Morgan fingerprint density at radius 2 is 1.87 bits per heavy atom. The third-order valence-corrected chi connectivity index (χ3v) is 7.20. The average molecular weight is 422 g/mol. The number of nitrogens with one attached hydrogen (secondary N) is 1. The minimum absolute atomic E-state index is 0.174. The van der Waals surface area contributed by atoms with E-state index in [1.807, 2.05) is 30.3 Å². The van der Waals surface area contributed by atoms with Gasteiger partial charge in [0, 0.05) is 18.8 Å². The molecule has 1 aromatic heterocycles. The number of nitrogens with zero attached hydrogens (tertiary/aromatic N) is 2. The summed E-state index contributed by atoms with van der Waals surface area (Å²) < 4.78 is 1.11. The number of thiazole rings is 1. The largest absolute Gasteiger partial charge is 0.481 e. The van der Waals surface area contributed by atoms with E-state index in [1.54, 1.807) is 11.3 Å². The molecule has 7 heteroatoms. The maximum absolute atomic E-state index is 13.1. The summed E-state index contributed by atoms with van der Waals surface area (Å²) in [6.45, 7) is 2.51. The molecule has 30 heavy (non-hydrogen) atoms. The molecule has 1 saturated heterocycles. The minimum atomic E-state index is -0.948. The first-order valence-corrected chi connectivity index (χ1v) is 11.1. The number of fused-ring (bicyclic) bond motifs is 2. The molecule has 0 saturated carbocycles. The van der Waals surface area contributed by atoms with Gasteiger partial charge in [-0.25, -0.2) is 4.98 Å². The highest BCUT2D eigenvalue weighted by Crippen LogP contribution is 2.40. The number of hydrogen-bond donors (Lipinski definition) is 2. The predicted octanol–water partition coefficient (Wildman–Crippen LogP) is 3.38. The molecule has 0 spiro atoms. The molecule has 6 nitrogen and oxygen atoms in total. The quantitative estimate of drug-likeness (QED) is 0.638. The molecule has 154 valence electrons. The van der Waals surface area contributed by atoms with Crippen LogP contribution in [0.2, 0.25) is 0 Å². The molecule has 2 aliphatic rings. The Kier molecular flexibility index (Phi) is 4.70. The van der Waals surface area contributed by atoms with E-state index in [2.05, 4.69) is 27.3 Å². The third-order valence-electron chi connectivity index (χ3n) is 6.19. The molecule has 2 aromatic carbocycles. The number of amides is 1. The number of rotatable bonds is 6. The standard InChI is InChI=1S/C23H23N3O3S/c27-21(28)13-23(11-15-4-1-2-5-16(15)12-23)22(29)24-14-20-25-18-7-6-17(10-19(18)30-20)26-8-3-9-26/h1-2,4-7,10H,3,8-9,11-14H2,(H,24,29)(H,27,28). The van der Waals surface area contributed by atoms with Crippen LogP contribution in [0.1, 0.15) is 29.0 Å². The van der Waals surface area contributed by atoms with Crippen molar-refractivity contribution in [1.29, 1.82) is 0 Å². The fourth-order valence-corrected chi connectivity index (χ4v) is 5.44. The Hall–Kier alpha value is -2.93.